The van der Waals surface area contributed by atoms with Gasteiger partial charge in [-0.05, 0) is 6.92 Å². The Bertz CT molecular complexity index is 721. The Balaban J connectivity index is 2.01. The molecule has 0 fully saturated rings. The smallest absolute Gasteiger partial charge is 0.308 e. The molecule has 1 unspecified atom stereocenters. The van der Waals surface area contributed by atoms with Gasteiger partial charge in [0.2, 0.25) is 6.10 Å². The summed E-state index contributed by atoms with van der Waals surface area (Å²) in [5, 5.41) is 1.73. The number of amides is 1. The number of esters is 1. The van der Waals surface area contributed by atoms with Gasteiger partial charge in [0.1, 0.15) is 0 Å². The van der Waals surface area contributed by atoms with Crippen LogP contribution >= 0.6 is 11.3 Å². The quantitative estimate of drug-likeness (QED) is 0.814. The average molecular weight is 320 g/mol. The molecule has 0 saturated carbocycles. The zero-order chi connectivity index (χ0) is 16.1. The molecule has 7 heteroatoms. The van der Waals surface area contributed by atoms with E-state index in [0.29, 0.717) is 5.56 Å². The molecule has 1 aromatic heterocycles. The molecule has 0 saturated heterocycles. The van der Waals surface area contributed by atoms with Gasteiger partial charge in [-0.3, -0.25) is 14.4 Å². The molecule has 0 aliphatic rings. The number of hydrogen-bond acceptors (Lipinski definition) is 5. The highest BCUT2D eigenvalue weighted by Crippen LogP contribution is 2.17. The summed E-state index contributed by atoms with van der Waals surface area (Å²) in [7, 11) is 0. The molecular weight excluding hydrogens is 304 g/mol. The topological polar surface area (TPSA) is 91.4 Å². The molecule has 0 bridgehead atoms. The van der Waals surface area contributed by atoms with Crippen molar-refractivity contribution >= 4 is 23.2 Å². The van der Waals surface area contributed by atoms with Gasteiger partial charge in [-0.25, -0.2) is 0 Å². The zero-order valence-electron chi connectivity index (χ0n) is 12.0. The minimum Gasteiger partial charge on any atom is -0.447 e. The van der Waals surface area contributed by atoms with Crippen molar-refractivity contribution in [3.05, 3.63) is 56.6 Å². The number of carbonyl (C=O) groups is 2. The third-order valence-electron chi connectivity index (χ3n) is 3.13. The molecule has 1 amide bonds. The molecule has 116 valence electrons. The molecule has 0 aliphatic heterocycles. The first-order chi connectivity index (χ1) is 10.5. The van der Waals surface area contributed by atoms with E-state index >= 15 is 0 Å². The maximum atomic E-state index is 11.9. The lowest BCUT2D eigenvalue weighted by molar-refractivity contribution is -0.155. The summed E-state index contributed by atoms with van der Waals surface area (Å²) in [6.45, 7) is 2.01. The minimum atomic E-state index is -1.12. The fourth-order valence-electron chi connectivity index (χ4n) is 1.99. The second-order valence-electron chi connectivity index (χ2n) is 4.73. The Labute approximate surface area is 131 Å². The molecule has 0 spiro atoms. The monoisotopic (exact) mass is 320 g/mol. The molecule has 2 rings (SSSR count). The summed E-state index contributed by atoms with van der Waals surface area (Å²) < 4.78 is 6.64. The Morgan fingerprint density at radius 1 is 1.32 bits per heavy atom. The predicted octanol–water partition coefficient (Wildman–Crippen LogP) is 1.38. The third kappa shape index (κ3) is 3.82. The van der Waals surface area contributed by atoms with Gasteiger partial charge in [-0.2, -0.15) is 0 Å². The average Bonchev–Trinajstić information content (AvgIpc) is 2.82. The van der Waals surface area contributed by atoms with Crippen LogP contribution in [0.2, 0.25) is 0 Å². The van der Waals surface area contributed by atoms with E-state index in [1.54, 1.807) is 42.6 Å². The van der Waals surface area contributed by atoms with Crippen molar-refractivity contribution in [2.45, 2.75) is 26.0 Å². The predicted molar refractivity (Wildman–Crippen MR) is 82.4 cm³/mol. The van der Waals surface area contributed by atoms with Crippen LogP contribution in [0.5, 0.6) is 0 Å². The zero-order valence-corrected chi connectivity index (χ0v) is 12.8. The first-order valence-corrected chi connectivity index (χ1v) is 7.55. The van der Waals surface area contributed by atoms with Crippen LogP contribution in [-0.2, 0) is 20.9 Å². The molecule has 1 heterocycles. The number of primary amides is 1. The Morgan fingerprint density at radius 2 is 2.00 bits per heavy atom. The van der Waals surface area contributed by atoms with E-state index in [2.05, 4.69) is 0 Å². The Hall–Kier alpha value is -2.41. The van der Waals surface area contributed by atoms with Gasteiger partial charge in [-0.15, -0.1) is 0 Å². The lowest BCUT2D eigenvalue weighted by Crippen LogP contribution is -2.27. The van der Waals surface area contributed by atoms with Gasteiger partial charge in [0.25, 0.3) is 5.91 Å². The van der Waals surface area contributed by atoms with Crippen LogP contribution in [0.25, 0.3) is 0 Å². The molecule has 0 aliphatic carbocycles. The van der Waals surface area contributed by atoms with Gasteiger partial charge >= 0.3 is 10.8 Å². The highest BCUT2D eigenvalue weighted by Gasteiger charge is 2.22. The number of aromatic nitrogens is 1. The van der Waals surface area contributed by atoms with Crippen LogP contribution in [0.1, 0.15) is 23.8 Å². The number of hydrogen-bond donors (Lipinski definition) is 1. The van der Waals surface area contributed by atoms with Gasteiger partial charge in [0.05, 0.1) is 6.42 Å². The lowest BCUT2D eigenvalue weighted by Gasteiger charge is -2.15. The van der Waals surface area contributed by atoms with Crippen molar-refractivity contribution in [1.29, 1.82) is 0 Å². The molecule has 1 aromatic carbocycles. The minimum absolute atomic E-state index is 0.00586. The number of carbonyl (C=O) groups excluding carboxylic acids is 2. The third-order valence-corrected chi connectivity index (χ3v) is 4.01. The van der Waals surface area contributed by atoms with Gasteiger partial charge < -0.3 is 15.0 Å². The van der Waals surface area contributed by atoms with Crippen molar-refractivity contribution in [3.8, 4) is 0 Å². The number of ether oxygens (including phenoxy) is 1. The van der Waals surface area contributed by atoms with E-state index in [9.17, 15) is 14.4 Å². The van der Waals surface area contributed by atoms with Crippen molar-refractivity contribution in [3.63, 3.8) is 0 Å². The SMILES string of the molecule is Cc1csc(=O)n1CCC(=O)OC(C(N)=O)c1ccccc1. The van der Waals surface area contributed by atoms with Crippen molar-refractivity contribution < 1.29 is 14.3 Å². The van der Waals surface area contributed by atoms with Crippen LogP contribution in [0.15, 0.2) is 40.5 Å². The fourth-order valence-corrected chi connectivity index (χ4v) is 2.75. The van der Waals surface area contributed by atoms with E-state index < -0.39 is 18.0 Å². The van der Waals surface area contributed by atoms with E-state index in [4.69, 9.17) is 10.5 Å². The molecular formula is C15H16N2O4S. The molecule has 0 radical (unpaired) electrons. The van der Waals surface area contributed by atoms with E-state index in [1.807, 2.05) is 0 Å². The summed E-state index contributed by atoms with van der Waals surface area (Å²) in [6, 6.07) is 8.57. The second-order valence-corrected chi connectivity index (χ2v) is 5.55. The largest absolute Gasteiger partial charge is 0.447 e. The number of aryl methyl sites for hydroxylation is 1. The van der Waals surface area contributed by atoms with Crippen LogP contribution in [0.4, 0.5) is 0 Å². The maximum Gasteiger partial charge on any atom is 0.308 e. The van der Waals surface area contributed by atoms with Crippen molar-refractivity contribution in [1.82, 2.24) is 4.57 Å². The molecule has 22 heavy (non-hydrogen) atoms. The Morgan fingerprint density at radius 3 is 2.55 bits per heavy atom. The standard InChI is InChI=1S/C15H16N2O4S/c1-10-9-22-15(20)17(10)8-7-12(18)21-13(14(16)19)11-5-3-2-4-6-11/h2-6,9,13H,7-8H2,1H3,(H2,16,19). The fraction of sp³-hybridized carbons (Fsp3) is 0.267. The van der Waals surface area contributed by atoms with E-state index in [0.717, 1.165) is 17.0 Å². The molecule has 2 N–H and O–H groups in total. The van der Waals surface area contributed by atoms with Gasteiger partial charge in [0.15, 0.2) is 0 Å². The number of thiazole rings is 1. The van der Waals surface area contributed by atoms with Crippen LogP contribution in [-0.4, -0.2) is 16.4 Å². The Kier molecular flexibility index (Phi) is 5.11. The highest BCUT2D eigenvalue weighted by atomic mass is 32.1. The van der Waals surface area contributed by atoms with Crippen LogP contribution < -0.4 is 10.6 Å². The van der Waals surface area contributed by atoms with Crippen LogP contribution in [0.3, 0.4) is 0 Å². The highest BCUT2D eigenvalue weighted by molar-refractivity contribution is 7.07. The molecule has 2 aromatic rings. The second kappa shape index (κ2) is 7.04. The summed E-state index contributed by atoms with van der Waals surface area (Å²) in [5.41, 5.74) is 6.60. The first-order valence-electron chi connectivity index (χ1n) is 6.67. The normalized spacial score (nSPS) is 11.9. The van der Waals surface area contributed by atoms with E-state index in [-0.39, 0.29) is 17.8 Å². The summed E-state index contributed by atoms with van der Waals surface area (Å²) in [6.07, 6.45) is -1.12. The summed E-state index contributed by atoms with van der Waals surface area (Å²) in [5.74, 6) is -1.31. The van der Waals surface area contributed by atoms with Crippen molar-refractivity contribution in [2.24, 2.45) is 5.73 Å². The van der Waals surface area contributed by atoms with Crippen molar-refractivity contribution in [2.75, 3.05) is 0 Å². The van der Waals surface area contributed by atoms with Crippen LogP contribution in [0, 0.1) is 6.92 Å². The molecule has 6 nitrogen and oxygen atoms in total. The number of benzene rings is 1. The lowest BCUT2D eigenvalue weighted by atomic mass is 10.1. The van der Waals surface area contributed by atoms with Gasteiger partial charge in [-0.1, -0.05) is 41.7 Å². The number of nitrogens with two attached hydrogens (primary N) is 1. The number of rotatable bonds is 6. The first kappa shape index (κ1) is 16.0. The maximum absolute atomic E-state index is 11.9. The summed E-state index contributed by atoms with van der Waals surface area (Å²) >= 11 is 1.08. The van der Waals surface area contributed by atoms with Gasteiger partial charge in [0, 0.05) is 23.2 Å². The molecule has 1 atom stereocenters. The number of nitrogens with zero attached hydrogens (tertiary/aromatic N) is 1. The summed E-state index contributed by atoms with van der Waals surface area (Å²) in [4.78, 5) is 34.8. The van der Waals surface area contributed by atoms with E-state index in [1.165, 1.54) is 4.57 Å².